The van der Waals surface area contributed by atoms with Gasteiger partial charge in [0.25, 0.3) is 0 Å². The molecule has 2 N–H and O–H groups in total. The van der Waals surface area contributed by atoms with Gasteiger partial charge in [-0.3, -0.25) is 0 Å². The van der Waals surface area contributed by atoms with Crippen LogP contribution in [0.3, 0.4) is 0 Å². The molecule has 0 saturated heterocycles. The highest BCUT2D eigenvalue weighted by molar-refractivity contribution is 9.10. The molecule has 18 heavy (non-hydrogen) atoms. The van der Waals surface area contributed by atoms with E-state index >= 15 is 0 Å². The second kappa shape index (κ2) is 5.89. The fourth-order valence-electron chi connectivity index (χ4n) is 1.37. The molecular formula is C12H9BrCl2N2O. The van der Waals surface area contributed by atoms with E-state index in [4.69, 9.17) is 33.7 Å². The number of nitrogens with two attached hydrogens (primary N) is 1. The molecule has 2 aromatic rings. The first kappa shape index (κ1) is 13.6. The lowest BCUT2D eigenvalue weighted by atomic mass is 10.2. The number of hydrogen-bond donors (Lipinski definition) is 1. The molecule has 0 saturated carbocycles. The van der Waals surface area contributed by atoms with Crippen molar-refractivity contribution in [2.45, 2.75) is 6.54 Å². The van der Waals surface area contributed by atoms with Gasteiger partial charge in [-0.25, -0.2) is 4.98 Å². The number of pyridine rings is 1. The van der Waals surface area contributed by atoms with Gasteiger partial charge in [-0.2, -0.15) is 0 Å². The molecule has 3 nitrogen and oxygen atoms in total. The van der Waals surface area contributed by atoms with Crippen LogP contribution in [0.4, 0.5) is 0 Å². The summed E-state index contributed by atoms with van der Waals surface area (Å²) in [4.78, 5) is 4.09. The van der Waals surface area contributed by atoms with Gasteiger partial charge in [0.15, 0.2) is 0 Å². The van der Waals surface area contributed by atoms with Crippen molar-refractivity contribution in [3.63, 3.8) is 0 Å². The molecular weight excluding hydrogens is 339 g/mol. The first-order valence-corrected chi connectivity index (χ1v) is 6.62. The molecule has 0 atom stereocenters. The van der Waals surface area contributed by atoms with E-state index < -0.39 is 0 Å². The van der Waals surface area contributed by atoms with Gasteiger partial charge in [-0.15, -0.1) is 0 Å². The summed E-state index contributed by atoms with van der Waals surface area (Å²) in [5.41, 5.74) is 6.47. The second-order valence-electron chi connectivity index (χ2n) is 3.50. The lowest BCUT2D eigenvalue weighted by molar-refractivity contribution is 0.457. The van der Waals surface area contributed by atoms with Crippen molar-refractivity contribution in [1.82, 2.24) is 4.98 Å². The van der Waals surface area contributed by atoms with E-state index in [9.17, 15) is 0 Å². The Labute approximate surface area is 123 Å². The van der Waals surface area contributed by atoms with Crippen LogP contribution in [-0.4, -0.2) is 4.98 Å². The Bertz CT molecular complexity index is 578. The van der Waals surface area contributed by atoms with Crippen molar-refractivity contribution < 1.29 is 4.74 Å². The lowest BCUT2D eigenvalue weighted by Gasteiger charge is -2.10. The van der Waals surface area contributed by atoms with Crippen molar-refractivity contribution in [3.05, 3.63) is 50.5 Å². The molecule has 6 heteroatoms. The molecule has 1 heterocycles. The average molecular weight is 348 g/mol. The van der Waals surface area contributed by atoms with Gasteiger partial charge in [0, 0.05) is 27.8 Å². The quantitative estimate of drug-likeness (QED) is 0.894. The topological polar surface area (TPSA) is 48.1 Å². The van der Waals surface area contributed by atoms with Crippen LogP contribution in [0.1, 0.15) is 5.56 Å². The highest BCUT2D eigenvalue weighted by atomic mass is 79.9. The van der Waals surface area contributed by atoms with E-state index in [1.54, 1.807) is 24.4 Å². The van der Waals surface area contributed by atoms with Gasteiger partial charge < -0.3 is 10.5 Å². The summed E-state index contributed by atoms with van der Waals surface area (Å²) in [6.07, 6.45) is 1.61. The first-order valence-electron chi connectivity index (χ1n) is 5.07. The molecule has 0 aliphatic rings. The normalized spacial score (nSPS) is 10.4. The maximum absolute atomic E-state index is 6.03. The molecule has 0 bridgehead atoms. The minimum absolute atomic E-state index is 0.317. The minimum Gasteiger partial charge on any atom is -0.437 e. The number of nitrogens with zero attached hydrogens (tertiary/aromatic N) is 1. The summed E-state index contributed by atoms with van der Waals surface area (Å²) in [6.45, 7) is 0.348. The summed E-state index contributed by atoms with van der Waals surface area (Å²) in [5.74, 6) is 0.874. The van der Waals surface area contributed by atoms with Crippen LogP contribution in [0.25, 0.3) is 0 Å². The van der Waals surface area contributed by atoms with E-state index in [1.165, 1.54) is 0 Å². The van der Waals surface area contributed by atoms with Gasteiger partial charge >= 0.3 is 0 Å². The molecule has 0 amide bonds. The molecule has 94 valence electrons. The van der Waals surface area contributed by atoms with Crippen LogP contribution in [0, 0.1) is 0 Å². The van der Waals surface area contributed by atoms with Gasteiger partial charge in [0.05, 0.1) is 0 Å². The van der Waals surface area contributed by atoms with Crippen molar-refractivity contribution in [2.75, 3.05) is 0 Å². The van der Waals surface area contributed by atoms with Crippen molar-refractivity contribution in [3.8, 4) is 11.6 Å². The highest BCUT2D eigenvalue weighted by Crippen LogP contribution is 2.32. The summed E-state index contributed by atoms with van der Waals surface area (Å²) >= 11 is 15.2. The zero-order valence-electron chi connectivity index (χ0n) is 9.16. The molecule has 1 aromatic heterocycles. The number of ether oxygens (including phenoxy) is 1. The summed E-state index contributed by atoms with van der Waals surface area (Å²) in [5, 5.41) is 0.975. The highest BCUT2D eigenvalue weighted by Gasteiger charge is 2.09. The Balaban J connectivity index is 2.36. The standard InChI is InChI=1S/C12H9BrCl2N2O/c13-8-3-10(15)12(17-6-8)18-11-4-9(14)2-1-7(11)5-16/h1-4,6H,5,16H2. The van der Waals surface area contributed by atoms with Gasteiger partial charge in [0.2, 0.25) is 5.88 Å². The van der Waals surface area contributed by atoms with Crippen LogP contribution in [0.2, 0.25) is 10.0 Å². The smallest absolute Gasteiger partial charge is 0.238 e. The molecule has 0 fully saturated rings. The van der Waals surface area contributed by atoms with Crippen LogP contribution in [0.15, 0.2) is 34.9 Å². The molecule has 0 radical (unpaired) electrons. The van der Waals surface area contributed by atoms with E-state index in [-0.39, 0.29) is 0 Å². The van der Waals surface area contributed by atoms with E-state index in [0.717, 1.165) is 10.0 Å². The van der Waals surface area contributed by atoms with Crippen LogP contribution >= 0.6 is 39.1 Å². The molecule has 0 aliphatic carbocycles. The van der Waals surface area contributed by atoms with Crippen LogP contribution in [-0.2, 0) is 6.54 Å². The molecule has 0 aliphatic heterocycles. The number of rotatable bonds is 3. The van der Waals surface area contributed by atoms with Gasteiger partial charge in [0.1, 0.15) is 10.8 Å². The predicted octanol–water partition coefficient (Wildman–Crippen LogP) is 4.40. The molecule has 2 rings (SSSR count). The Hall–Kier alpha value is -0.810. The SMILES string of the molecule is NCc1ccc(Cl)cc1Oc1ncc(Br)cc1Cl. The fourth-order valence-corrected chi connectivity index (χ4v) is 2.20. The Kier molecular flexibility index (Phi) is 4.45. The fraction of sp³-hybridized carbons (Fsp3) is 0.0833. The van der Waals surface area contributed by atoms with Gasteiger partial charge in [-0.05, 0) is 34.1 Å². The third-order valence-corrected chi connectivity index (χ3v) is 3.17. The average Bonchev–Trinajstić information content (AvgIpc) is 2.33. The number of benzene rings is 1. The van der Waals surface area contributed by atoms with Gasteiger partial charge in [-0.1, -0.05) is 29.3 Å². The third kappa shape index (κ3) is 3.14. The third-order valence-electron chi connectivity index (χ3n) is 2.23. The van der Waals surface area contributed by atoms with Crippen molar-refractivity contribution >= 4 is 39.1 Å². The zero-order valence-corrected chi connectivity index (χ0v) is 12.3. The molecule has 0 unspecified atom stereocenters. The predicted molar refractivity (Wildman–Crippen MR) is 76.4 cm³/mol. The van der Waals surface area contributed by atoms with Crippen LogP contribution in [0.5, 0.6) is 11.6 Å². The Morgan fingerprint density at radius 3 is 2.72 bits per heavy atom. The summed E-state index contributed by atoms with van der Waals surface area (Å²) in [7, 11) is 0. The summed E-state index contributed by atoms with van der Waals surface area (Å²) in [6, 6.07) is 6.96. The summed E-state index contributed by atoms with van der Waals surface area (Å²) < 4.78 is 6.42. The van der Waals surface area contributed by atoms with E-state index in [0.29, 0.717) is 28.2 Å². The maximum atomic E-state index is 6.03. The lowest BCUT2D eigenvalue weighted by Crippen LogP contribution is -2.00. The number of halogens is 3. The zero-order chi connectivity index (χ0) is 13.1. The number of aromatic nitrogens is 1. The first-order chi connectivity index (χ1) is 8.60. The Morgan fingerprint density at radius 1 is 1.28 bits per heavy atom. The minimum atomic E-state index is 0.317. The van der Waals surface area contributed by atoms with E-state index in [1.807, 2.05) is 6.07 Å². The molecule has 0 spiro atoms. The van der Waals surface area contributed by atoms with E-state index in [2.05, 4.69) is 20.9 Å². The second-order valence-corrected chi connectivity index (χ2v) is 5.26. The maximum Gasteiger partial charge on any atom is 0.238 e. The molecule has 1 aromatic carbocycles. The number of hydrogen-bond acceptors (Lipinski definition) is 3. The monoisotopic (exact) mass is 346 g/mol. The van der Waals surface area contributed by atoms with Crippen molar-refractivity contribution in [1.29, 1.82) is 0 Å². The van der Waals surface area contributed by atoms with Crippen LogP contribution < -0.4 is 10.5 Å². The largest absolute Gasteiger partial charge is 0.437 e. The van der Waals surface area contributed by atoms with Crippen molar-refractivity contribution in [2.24, 2.45) is 5.73 Å². The Morgan fingerprint density at radius 2 is 2.06 bits per heavy atom.